The quantitative estimate of drug-likeness (QED) is 0.683. The fraction of sp³-hybridized carbons (Fsp3) is 0.556. The van der Waals surface area contributed by atoms with E-state index >= 15 is 0 Å². The molecule has 0 spiro atoms. The number of aromatic amines is 1. The summed E-state index contributed by atoms with van der Waals surface area (Å²) in [5, 5.41) is 9.51. The number of amides is 1. The number of likely N-dealkylation sites (N-methyl/N-ethyl adjacent to an activating group) is 1. The Morgan fingerprint density at radius 1 is 1.71 bits per heavy atom. The first kappa shape index (κ1) is 9.21. The number of nitrogens with one attached hydrogen (secondary N) is 2. The van der Waals surface area contributed by atoms with Gasteiger partial charge in [-0.1, -0.05) is 0 Å². The van der Waals surface area contributed by atoms with Crippen LogP contribution in [0.15, 0.2) is 6.20 Å². The van der Waals surface area contributed by atoms with Gasteiger partial charge in [-0.3, -0.25) is 9.89 Å². The molecule has 1 saturated heterocycles. The highest BCUT2D eigenvalue weighted by Crippen LogP contribution is 2.07. The molecule has 2 rings (SSSR count). The van der Waals surface area contributed by atoms with Gasteiger partial charge in [-0.15, -0.1) is 0 Å². The van der Waals surface area contributed by atoms with E-state index in [9.17, 15) is 4.79 Å². The van der Waals surface area contributed by atoms with Gasteiger partial charge in [0.2, 0.25) is 0 Å². The minimum Gasteiger partial charge on any atom is -0.347 e. The van der Waals surface area contributed by atoms with E-state index in [0.29, 0.717) is 11.6 Å². The number of hydrogen-bond acceptors (Lipinski definition) is 3. The van der Waals surface area contributed by atoms with Crippen molar-refractivity contribution in [2.45, 2.75) is 13.0 Å². The molecule has 1 aromatic heterocycles. The number of carbonyl (C=O) groups excluding carboxylic acids is 1. The number of nitrogens with zero attached hydrogens (tertiary/aromatic N) is 2. The predicted octanol–water partition coefficient (Wildman–Crippen LogP) is -0.238. The molecule has 0 aromatic carbocycles. The Morgan fingerprint density at radius 2 is 2.43 bits per heavy atom. The molecule has 1 aliphatic rings. The molecule has 2 N–H and O–H groups in total. The highest BCUT2D eigenvalue weighted by molar-refractivity contribution is 5.95. The summed E-state index contributed by atoms with van der Waals surface area (Å²) in [6, 6.07) is 0.293. The fourth-order valence-electron chi connectivity index (χ4n) is 1.63. The van der Waals surface area contributed by atoms with Crippen LogP contribution in [-0.4, -0.2) is 47.2 Å². The number of aryl methyl sites for hydroxylation is 1. The van der Waals surface area contributed by atoms with Crippen LogP contribution in [0.1, 0.15) is 16.1 Å². The van der Waals surface area contributed by atoms with Crippen molar-refractivity contribution in [2.24, 2.45) is 0 Å². The van der Waals surface area contributed by atoms with Gasteiger partial charge in [0.25, 0.3) is 5.91 Å². The van der Waals surface area contributed by atoms with Crippen molar-refractivity contribution in [3.8, 4) is 0 Å². The predicted molar refractivity (Wildman–Crippen MR) is 52.1 cm³/mol. The Kier molecular flexibility index (Phi) is 2.25. The van der Waals surface area contributed by atoms with Crippen LogP contribution in [0.4, 0.5) is 0 Å². The molecule has 0 atom stereocenters. The standard InChI is InChI=1S/C9H14N4O/c1-6-8(3-10-12-6)9(14)11-7-4-13(2)5-7/h3,7H,4-5H2,1-2H3,(H,10,12)(H,11,14). The lowest BCUT2D eigenvalue weighted by Gasteiger charge is -2.36. The summed E-state index contributed by atoms with van der Waals surface area (Å²) >= 11 is 0. The third-order valence-corrected chi connectivity index (χ3v) is 2.47. The Morgan fingerprint density at radius 3 is 2.93 bits per heavy atom. The number of H-pyrrole nitrogens is 1. The molecule has 76 valence electrons. The monoisotopic (exact) mass is 194 g/mol. The van der Waals surface area contributed by atoms with Crippen molar-refractivity contribution in [3.63, 3.8) is 0 Å². The molecular formula is C9H14N4O. The van der Waals surface area contributed by atoms with E-state index in [0.717, 1.165) is 18.8 Å². The first-order valence-electron chi connectivity index (χ1n) is 4.66. The highest BCUT2D eigenvalue weighted by atomic mass is 16.1. The maximum absolute atomic E-state index is 11.6. The number of likely N-dealkylation sites (tertiary alicyclic amines) is 1. The van der Waals surface area contributed by atoms with Crippen LogP contribution in [0.5, 0.6) is 0 Å². The third-order valence-electron chi connectivity index (χ3n) is 2.47. The van der Waals surface area contributed by atoms with E-state index < -0.39 is 0 Å². The molecule has 1 aliphatic heterocycles. The second-order valence-electron chi connectivity index (χ2n) is 3.80. The van der Waals surface area contributed by atoms with E-state index in [4.69, 9.17) is 0 Å². The summed E-state index contributed by atoms with van der Waals surface area (Å²) in [6.45, 7) is 3.71. The van der Waals surface area contributed by atoms with Gasteiger partial charge in [-0.25, -0.2) is 0 Å². The minimum absolute atomic E-state index is 0.0330. The van der Waals surface area contributed by atoms with Crippen molar-refractivity contribution in [2.75, 3.05) is 20.1 Å². The van der Waals surface area contributed by atoms with Crippen molar-refractivity contribution in [1.82, 2.24) is 20.4 Å². The van der Waals surface area contributed by atoms with Crippen LogP contribution < -0.4 is 5.32 Å². The van der Waals surface area contributed by atoms with E-state index in [1.807, 2.05) is 14.0 Å². The SMILES string of the molecule is Cc1[nH]ncc1C(=O)NC1CN(C)C1. The van der Waals surface area contributed by atoms with Crippen molar-refractivity contribution in [1.29, 1.82) is 0 Å². The number of aromatic nitrogens is 2. The summed E-state index contributed by atoms with van der Waals surface area (Å²) in [5.41, 5.74) is 1.45. The van der Waals surface area contributed by atoms with Crippen LogP contribution in [0.25, 0.3) is 0 Å². The molecule has 2 heterocycles. The van der Waals surface area contributed by atoms with E-state index in [1.165, 1.54) is 0 Å². The van der Waals surface area contributed by atoms with Crippen LogP contribution in [0.2, 0.25) is 0 Å². The van der Waals surface area contributed by atoms with Crippen molar-refractivity contribution in [3.05, 3.63) is 17.5 Å². The van der Waals surface area contributed by atoms with Crippen LogP contribution in [0, 0.1) is 6.92 Å². The molecule has 14 heavy (non-hydrogen) atoms. The number of hydrogen-bond donors (Lipinski definition) is 2. The lowest BCUT2D eigenvalue weighted by Crippen LogP contribution is -2.57. The summed E-state index contributed by atoms with van der Waals surface area (Å²) < 4.78 is 0. The Bertz CT molecular complexity index is 340. The smallest absolute Gasteiger partial charge is 0.255 e. The third kappa shape index (κ3) is 1.63. The minimum atomic E-state index is -0.0330. The van der Waals surface area contributed by atoms with Crippen LogP contribution in [0.3, 0.4) is 0 Å². The van der Waals surface area contributed by atoms with E-state index in [2.05, 4.69) is 20.4 Å². The lowest BCUT2D eigenvalue weighted by molar-refractivity contribution is 0.0857. The first-order chi connectivity index (χ1) is 6.66. The zero-order valence-electron chi connectivity index (χ0n) is 8.37. The Hall–Kier alpha value is -1.36. The van der Waals surface area contributed by atoms with E-state index in [-0.39, 0.29) is 5.91 Å². The Balaban J connectivity index is 1.93. The van der Waals surface area contributed by atoms with Crippen molar-refractivity contribution >= 4 is 5.91 Å². The van der Waals surface area contributed by atoms with Gasteiger partial charge < -0.3 is 10.2 Å². The molecule has 0 unspecified atom stereocenters. The molecule has 5 heteroatoms. The second kappa shape index (κ2) is 3.42. The molecular weight excluding hydrogens is 180 g/mol. The molecule has 5 nitrogen and oxygen atoms in total. The second-order valence-corrected chi connectivity index (χ2v) is 3.80. The molecule has 1 fully saturated rings. The van der Waals surface area contributed by atoms with Gasteiger partial charge in [0.15, 0.2) is 0 Å². The summed E-state index contributed by atoms with van der Waals surface area (Å²) in [5.74, 6) is -0.0330. The zero-order valence-corrected chi connectivity index (χ0v) is 8.37. The van der Waals surface area contributed by atoms with Crippen LogP contribution in [-0.2, 0) is 0 Å². The summed E-state index contributed by atoms with van der Waals surface area (Å²) in [6.07, 6.45) is 1.56. The summed E-state index contributed by atoms with van der Waals surface area (Å²) in [7, 11) is 2.03. The average molecular weight is 194 g/mol. The molecule has 0 aliphatic carbocycles. The van der Waals surface area contributed by atoms with E-state index in [1.54, 1.807) is 6.20 Å². The van der Waals surface area contributed by atoms with Gasteiger partial charge in [0.05, 0.1) is 17.8 Å². The average Bonchev–Trinajstić information content (AvgIpc) is 2.48. The van der Waals surface area contributed by atoms with Crippen LogP contribution >= 0.6 is 0 Å². The first-order valence-corrected chi connectivity index (χ1v) is 4.66. The largest absolute Gasteiger partial charge is 0.347 e. The van der Waals surface area contributed by atoms with Crippen molar-refractivity contribution < 1.29 is 4.79 Å². The normalized spacial score (nSPS) is 17.9. The van der Waals surface area contributed by atoms with Gasteiger partial charge in [0.1, 0.15) is 0 Å². The summed E-state index contributed by atoms with van der Waals surface area (Å²) in [4.78, 5) is 13.8. The molecule has 0 radical (unpaired) electrons. The molecule has 1 aromatic rings. The Labute approximate surface area is 82.5 Å². The topological polar surface area (TPSA) is 61.0 Å². The number of rotatable bonds is 2. The highest BCUT2D eigenvalue weighted by Gasteiger charge is 2.25. The van der Waals surface area contributed by atoms with Gasteiger partial charge in [0, 0.05) is 18.8 Å². The zero-order chi connectivity index (χ0) is 10.1. The van der Waals surface area contributed by atoms with Gasteiger partial charge in [-0.05, 0) is 14.0 Å². The maximum Gasteiger partial charge on any atom is 0.255 e. The molecule has 1 amide bonds. The molecule has 0 bridgehead atoms. The van der Waals surface area contributed by atoms with Gasteiger partial charge in [-0.2, -0.15) is 5.10 Å². The molecule has 0 saturated carbocycles. The fourth-order valence-corrected chi connectivity index (χ4v) is 1.63. The number of carbonyl (C=O) groups is 1. The maximum atomic E-state index is 11.6. The van der Waals surface area contributed by atoms with Gasteiger partial charge >= 0.3 is 0 Å². The lowest BCUT2D eigenvalue weighted by atomic mass is 10.1.